The van der Waals surface area contributed by atoms with Crippen molar-refractivity contribution < 1.29 is 9.59 Å². The van der Waals surface area contributed by atoms with Gasteiger partial charge in [-0.25, -0.2) is 9.99 Å². The predicted molar refractivity (Wildman–Crippen MR) is 88.2 cm³/mol. The number of nitrogens with one attached hydrogen (secondary N) is 1. The average molecular weight is 308 g/mol. The van der Waals surface area contributed by atoms with Gasteiger partial charge in [0.05, 0.1) is 5.69 Å². The van der Waals surface area contributed by atoms with E-state index >= 15 is 0 Å². The number of pyridine rings is 1. The molecule has 0 radical (unpaired) electrons. The third kappa shape index (κ3) is 3.42. The second kappa shape index (κ2) is 6.39. The van der Waals surface area contributed by atoms with E-state index in [0.29, 0.717) is 23.6 Å². The van der Waals surface area contributed by atoms with Gasteiger partial charge in [-0.05, 0) is 36.8 Å². The summed E-state index contributed by atoms with van der Waals surface area (Å²) in [5.41, 5.74) is 1.97. The van der Waals surface area contributed by atoms with Gasteiger partial charge in [0.1, 0.15) is 11.5 Å². The smallest absolute Gasteiger partial charge is 0.273 e. The molecule has 116 valence electrons. The molecule has 6 heteroatoms. The van der Waals surface area contributed by atoms with Gasteiger partial charge in [-0.15, -0.1) is 0 Å². The molecule has 1 N–H and O–H groups in total. The summed E-state index contributed by atoms with van der Waals surface area (Å²) in [5, 5.41) is 8.21. The van der Waals surface area contributed by atoms with Crippen molar-refractivity contribution in [1.29, 1.82) is 0 Å². The van der Waals surface area contributed by atoms with Crippen LogP contribution in [0.25, 0.3) is 0 Å². The molecule has 23 heavy (non-hydrogen) atoms. The molecule has 2 aromatic rings. The summed E-state index contributed by atoms with van der Waals surface area (Å²) >= 11 is 0. The number of hydrazone groups is 1. The number of anilines is 2. The van der Waals surface area contributed by atoms with Crippen LogP contribution in [0.15, 0.2) is 53.8 Å². The van der Waals surface area contributed by atoms with E-state index in [1.54, 1.807) is 24.4 Å². The van der Waals surface area contributed by atoms with Gasteiger partial charge < -0.3 is 5.32 Å². The van der Waals surface area contributed by atoms with Gasteiger partial charge in [0.25, 0.3) is 5.91 Å². The lowest BCUT2D eigenvalue weighted by Gasteiger charge is -2.23. The summed E-state index contributed by atoms with van der Waals surface area (Å²) in [4.78, 5) is 28.5. The van der Waals surface area contributed by atoms with Crippen LogP contribution in [0, 0.1) is 6.92 Å². The first kappa shape index (κ1) is 14.9. The van der Waals surface area contributed by atoms with E-state index in [1.165, 1.54) is 5.01 Å². The van der Waals surface area contributed by atoms with Crippen LogP contribution in [-0.2, 0) is 9.59 Å². The third-order valence-electron chi connectivity index (χ3n) is 3.45. The van der Waals surface area contributed by atoms with E-state index in [1.807, 2.05) is 31.2 Å². The largest absolute Gasteiger partial charge is 0.305 e. The molecule has 0 unspecified atom stereocenters. The van der Waals surface area contributed by atoms with Gasteiger partial charge in [-0.3, -0.25) is 9.59 Å². The Morgan fingerprint density at radius 2 is 1.96 bits per heavy atom. The van der Waals surface area contributed by atoms with Gasteiger partial charge in [0, 0.05) is 19.0 Å². The zero-order chi connectivity index (χ0) is 16.2. The highest BCUT2D eigenvalue weighted by Crippen LogP contribution is 2.20. The topological polar surface area (TPSA) is 74.7 Å². The van der Waals surface area contributed by atoms with Crippen LogP contribution in [0.2, 0.25) is 0 Å². The Balaban J connectivity index is 1.81. The van der Waals surface area contributed by atoms with Crippen molar-refractivity contribution in [2.75, 3.05) is 10.3 Å². The quantitative estimate of drug-likeness (QED) is 0.946. The van der Waals surface area contributed by atoms with Crippen molar-refractivity contribution in [3.63, 3.8) is 0 Å². The van der Waals surface area contributed by atoms with E-state index in [9.17, 15) is 9.59 Å². The maximum Gasteiger partial charge on any atom is 0.273 e. The van der Waals surface area contributed by atoms with Crippen LogP contribution in [0.3, 0.4) is 0 Å². The van der Waals surface area contributed by atoms with E-state index in [2.05, 4.69) is 15.4 Å². The first-order valence-corrected chi connectivity index (χ1v) is 7.33. The Hall–Kier alpha value is -3.02. The third-order valence-corrected chi connectivity index (χ3v) is 3.45. The van der Waals surface area contributed by atoms with Crippen molar-refractivity contribution in [2.45, 2.75) is 19.8 Å². The second-order valence-corrected chi connectivity index (χ2v) is 5.26. The molecule has 1 aliphatic rings. The van der Waals surface area contributed by atoms with Crippen molar-refractivity contribution in [3.05, 3.63) is 54.2 Å². The number of benzene rings is 1. The van der Waals surface area contributed by atoms with E-state index in [0.717, 1.165) is 5.56 Å². The highest BCUT2D eigenvalue weighted by atomic mass is 16.2. The molecule has 2 heterocycles. The first-order chi connectivity index (χ1) is 11.1. The molecule has 0 saturated heterocycles. The van der Waals surface area contributed by atoms with Crippen LogP contribution >= 0.6 is 0 Å². The molecule has 0 spiro atoms. The highest BCUT2D eigenvalue weighted by Gasteiger charge is 2.25. The average Bonchev–Trinajstić information content (AvgIpc) is 2.56. The zero-order valence-electron chi connectivity index (χ0n) is 12.7. The number of amides is 2. The molecular formula is C17H16N4O2. The Labute approximate surface area is 133 Å². The van der Waals surface area contributed by atoms with Gasteiger partial charge in [0.15, 0.2) is 0 Å². The van der Waals surface area contributed by atoms with Gasteiger partial charge in [0.2, 0.25) is 5.91 Å². The molecule has 0 saturated carbocycles. The van der Waals surface area contributed by atoms with Gasteiger partial charge in [-0.2, -0.15) is 5.10 Å². The Bertz CT molecular complexity index is 771. The number of para-hydroxylation sites is 1. The predicted octanol–water partition coefficient (Wildman–Crippen LogP) is 2.51. The molecule has 1 aromatic heterocycles. The Morgan fingerprint density at radius 1 is 1.17 bits per heavy atom. The minimum Gasteiger partial charge on any atom is -0.305 e. The number of nitrogens with zero attached hydrogens (tertiary/aromatic N) is 3. The second-order valence-electron chi connectivity index (χ2n) is 5.26. The minimum atomic E-state index is -0.337. The van der Waals surface area contributed by atoms with Crippen molar-refractivity contribution >= 4 is 29.0 Å². The molecule has 0 aliphatic carbocycles. The fourth-order valence-corrected chi connectivity index (χ4v) is 2.28. The van der Waals surface area contributed by atoms with Gasteiger partial charge in [-0.1, -0.05) is 18.2 Å². The Morgan fingerprint density at radius 3 is 2.70 bits per heavy atom. The lowest BCUT2D eigenvalue weighted by atomic mass is 10.1. The molecule has 0 bridgehead atoms. The molecule has 6 nitrogen and oxygen atoms in total. The van der Waals surface area contributed by atoms with E-state index in [-0.39, 0.29) is 18.2 Å². The first-order valence-electron chi connectivity index (χ1n) is 7.33. The number of hydrogen-bond acceptors (Lipinski definition) is 4. The van der Waals surface area contributed by atoms with Crippen LogP contribution in [0.1, 0.15) is 18.4 Å². The SMILES string of the molecule is Cc1ccnc(NC(=O)C2=NN(c3ccccc3)C(=O)CC2)c1. The molecule has 1 aliphatic heterocycles. The van der Waals surface area contributed by atoms with Crippen molar-refractivity contribution in [3.8, 4) is 0 Å². The maximum atomic E-state index is 12.3. The Kier molecular flexibility index (Phi) is 4.14. The maximum absolute atomic E-state index is 12.3. The van der Waals surface area contributed by atoms with Gasteiger partial charge >= 0.3 is 0 Å². The number of carbonyl (C=O) groups excluding carboxylic acids is 2. The van der Waals surface area contributed by atoms with Crippen LogP contribution < -0.4 is 10.3 Å². The summed E-state index contributed by atoms with van der Waals surface area (Å²) in [6.45, 7) is 1.92. The van der Waals surface area contributed by atoms with Crippen LogP contribution in [0.4, 0.5) is 11.5 Å². The van der Waals surface area contributed by atoms with Crippen molar-refractivity contribution in [2.24, 2.45) is 5.10 Å². The number of hydrogen-bond donors (Lipinski definition) is 1. The summed E-state index contributed by atoms with van der Waals surface area (Å²) in [7, 11) is 0. The van der Waals surface area contributed by atoms with Crippen molar-refractivity contribution in [1.82, 2.24) is 4.98 Å². The molecule has 0 fully saturated rings. The molecule has 3 rings (SSSR count). The lowest BCUT2D eigenvalue weighted by Crippen LogP contribution is -2.36. The zero-order valence-corrected chi connectivity index (χ0v) is 12.7. The fourth-order valence-electron chi connectivity index (χ4n) is 2.28. The normalized spacial score (nSPS) is 14.4. The number of rotatable bonds is 3. The number of aryl methyl sites for hydroxylation is 1. The minimum absolute atomic E-state index is 0.124. The standard InChI is InChI=1S/C17H16N4O2/c1-12-9-10-18-15(11-12)19-17(23)14-7-8-16(22)21(20-14)13-5-3-2-4-6-13/h2-6,9-11H,7-8H2,1H3,(H,18,19,23). The molecular weight excluding hydrogens is 292 g/mol. The molecule has 2 amide bonds. The lowest BCUT2D eigenvalue weighted by molar-refractivity contribution is -0.118. The summed E-state index contributed by atoms with van der Waals surface area (Å²) in [6.07, 6.45) is 2.20. The summed E-state index contributed by atoms with van der Waals surface area (Å²) in [6, 6.07) is 12.7. The monoisotopic (exact) mass is 308 g/mol. The highest BCUT2D eigenvalue weighted by molar-refractivity contribution is 6.44. The van der Waals surface area contributed by atoms with Crippen LogP contribution in [0.5, 0.6) is 0 Å². The number of carbonyl (C=O) groups is 2. The summed E-state index contributed by atoms with van der Waals surface area (Å²) < 4.78 is 0. The van der Waals surface area contributed by atoms with E-state index in [4.69, 9.17) is 0 Å². The fraction of sp³-hybridized carbons (Fsp3) is 0.176. The number of aromatic nitrogens is 1. The summed E-state index contributed by atoms with van der Waals surface area (Å²) in [5.74, 6) is 0.0128. The molecule has 1 aromatic carbocycles. The van der Waals surface area contributed by atoms with Crippen LogP contribution in [-0.4, -0.2) is 22.5 Å². The van der Waals surface area contributed by atoms with E-state index < -0.39 is 0 Å². The molecule has 0 atom stereocenters.